The number of carboxylic acids is 1. The Balaban J connectivity index is 1.94. The number of carbonyl (C=O) groups is 1. The van der Waals surface area contributed by atoms with Crippen molar-refractivity contribution in [1.29, 1.82) is 0 Å². The third kappa shape index (κ3) is 2.51. The first-order valence-electron chi connectivity index (χ1n) is 7.38. The number of ether oxygens (including phenoxy) is 1. The molecule has 2 aliphatic rings. The number of halogens is 1. The largest absolute Gasteiger partial charge is 0.495 e. The van der Waals surface area contributed by atoms with Crippen molar-refractivity contribution in [2.75, 3.05) is 20.2 Å². The van der Waals surface area contributed by atoms with E-state index in [-0.39, 0.29) is 29.7 Å². The van der Waals surface area contributed by atoms with Gasteiger partial charge in [0.1, 0.15) is 5.75 Å². The lowest BCUT2D eigenvalue weighted by Gasteiger charge is -2.23. The molecule has 1 aromatic carbocycles. The van der Waals surface area contributed by atoms with E-state index in [0.717, 1.165) is 12.8 Å². The Morgan fingerprint density at radius 3 is 2.83 bits per heavy atom. The molecular weight excluding hydrogens is 342 g/mol. The van der Waals surface area contributed by atoms with Gasteiger partial charge in [0, 0.05) is 19.2 Å². The van der Waals surface area contributed by atoms with E-state index < -0.39 is 21.4 Å². The first kappa shape index (κ1) is 16.5. The Morgan fingerprint density at radius 2 is 2.22 bits per heavy atom. The Kier molecular flexibility index (Phi) is 4.06. The highest BCUT2D eigenvalue weighted by Gasteiger charge is 2.57. The third-order valence-electron chi connectivity index (χ3n) is 5.03. The quantitative estimate of drug-likeness (QED) is 0.891. The van der Waals surface area contributed by atoms with E-state index in [1.54, 1.807) is 0 Å². The number of hydrogen-bond acceptors (Lipinski definition) is 4. The molecule has 126 valence electrons. The first-order chi connectivity index (χ1) is 10.8. The van der Waals surface area contributed by atoms with Gasteiger partial charge in [-0.05, 0) is 30.9 Å². The second-order valence-corrected chi connectivity index (χ2v) is 8.49. The summed E-state index contributed by atoms with van der Waals surface area (Å²) in [7, 11) is -2.36. The number of hydrogen-bond donors (Lipinski definition) is 1. The molecule has 2 atom stereocenters. The summed E-state index contributed by atoms with van der Waals surface area (Å²) >= 11 is 5.94. The van der Waals surface area contributed by atoms with Gasteiger partial charge >= 0.3 is 5.97 Å². The van der Waals surface area contributed by atoms with Crippen molar-refractivity contribution < 1.29 is 23.1 Å². The minimum Gasteiger partial charge on any atom is -0.495 e. The molecule has 1 heterocycles. The molecule has 1 aliphatic carbocycles. The fraction of sp³-hybridized carbons (Fsp3) is 0.533. The number of carboxylic acid groups (broad SMARTS) is 1. The van der Waals surface area contributed by atoms with Crippen molar-refractivity contribution >= 4 is 27.6 Å². The second-order valence-electron chi connectivity index (χ2n) is 6.14. The number of sulfonamides is 1. The van der Waals surface area contributed by atoms with Gasteiger partial charge in [0.05, 0.1) is 22.4 Å². The van der Waals surface area contributed by atoms with Gasteiger partial charge in [-0.25, -0.2) is 8.42 Å². The van der Waals surface area contributed by atoms with Gasteiger partial charge in [-0.1, -0.05) is 18.0 Å². The van der Waals surface area contributed by atoms with Crippen LogP contribution in [0.4, 0.5) is 0 Å². The molecule has 0 aromatic heterocycles. The summed E-state index contributed by atoms with van der Waals surface area (Å²) in [5, 5.41) is 9.91. The summed E-state index contributed by atoms with van der Waals surface area (Å²) in [6, 6.07) is 4.26. The van der Waals surface area contributed by atoms with Crippen LogP contribution in [0.2, 0.25) is 5.02 Å². The standard InChI is InChI=1S/C15H18ClNO5S/c1-22-13-7-11(4-5-12(13)16)23(20,21)17-8-10-3-2-6-15(10,9-17)14(18)19/h4-5,7,10H,2-3,6,8-9H2,1H3,(H,18,19)/t10-,15+/m0/s1. The highest BCUT2D eigenvalue weighted by Crippen LogP contribution is 2.50. The molecule has 1 N–H and O–H groups in total. The highest BCUT2D eigenvalue weighted by molar-refractivity contribution is 7.89. The van der Waals surface area contributed by atoms with Crippen LogP contribution in [0.5, 0.6) is 5.75 Å². The fourth-order valence-corrected chi connectivity index (χ4v) is 5.49. The SMILES string of the molecule is COc1cc(S(=O)(=O)N2C[C@@H]3CCC[C@@]3(C(=O)O)C2)ccc1Cl. The smallest absolute Gasteiger partial charge is 0.311 e. The normalized spacial score (nSPS) is 27.8. The lowest BCUT2D eigenvalue weighted by molar-refractivity contribution is -0.149. The fourth-order valence-electron chi connectivity index (χ4n) is 3.73. The van der Waals surface area contributed by atoms with E-state index in [9.17, 15) is 18.3 Å². The molecule has 0 unspecified atom stereocenters. The highest BCUT2D eigenvalue weighted by atomic mass is 35.5. The van der Waals surface area contributed by atoms with Crippen molar-refractivity contribution in [2.45, 2.75) is 24.2 Å². The lowest BCUT2D eigenvalue weighted by atomic mass is 9.81. The molecular formula is C15H18ClNO5S. The molecule has 3 rings (SSSR count). The van der Waals surface area contributed by atoms with Gasteiger partial charge < -0.3 is 9.84 Å². The van der Waals surface area contributed by atoms with E-state index in [4.69, 9.17) is 16.3 Å². The predicted molar refractivity (Wildman–Crippen MR) is 84.2 cm³/mol. The van der Waals surface area contributed by atoms with E-state index >= 15 is 0 Å². The van der Waals surface area contributed by atoms with Crippen LogP contribution in [0, 0.1) is 11.3 Å². The molecule has 1 saturated heterocycles. The van der Waals surface area contributed by atoms with Crippen molar-refractivity contribution in [1.82, 2.24) is 4.31 Å². The van der Waals surface area contributed by atoms with E-state index in [0.29, 0.717) is 11.4 Å². The Labute approximate surface area is 140 Å². The van der Waals surface area contributed by atoms with Gasteiger partial charge in [0.2, 0.25) is 10.0 Å². The minimum atomic E-state index is -3.77. The van der Waals surface area contributed by atoms with Crippen molar-refractivity contribution in [3.63, 3.8) is 0 Å². The number of methoxy groups -OCH3 is 1. The lowest BCUT2D eigenvalue weighted by Crippen LogP contribution is -2.37. The zero-order valence-corrected chi connectivity index (χ0v) is 14.2. The summed E-state index contributed by atoms with van der Waals surface area (Å²) in [4.78, 5) is 11.8. The molecule has 0 bridgehead atoms. The summed E-state index contributed by atoms with van der Waals surface area (Å²) in [6.07, 6.45) is 2.12. The predicted octanol–water partition coefficient (Wildman–Crippen LogP) is 2.22. The van der Waals surface area contributed by atoms with Crippen LogP contribution in [0.15, 0.2) is 23.1 Å². The van der Waals surface area contributed by atoms with Crippen LogP contribution in [-0.2, 0) is 14.8 Å². The average molecular weight is 360 g/mol. The van der Waals surface area contributed by atoms with Gasteiger partial charge in [-0.3, -0.25) is 4.79 Å². The van der Waals surface area contributed by atoms with Crippen LogP contribution < -0.4 is 4.74 Å². The monoisotopic (exact) mass is 359 g/mol. The summed E-state index contributed by atoms with van der Waals surface area (Å²) in [5.74, 6) is -0.740. The summed E-state index contributed by atoms with van der Waals surface area (Å²) < 4.78 is 32.0. The topological polar surface area (TPSA) is 83.9 Å². The molecule has 8 heteroatoms. The third-order valence-corrected chi connectivity index (χ3v) is 7.15. The van der Waals surface area contributed by atoms with Crippen LogP contribution in [0.25, 0.3) is 0 Å². The maximum absolute atomic E-state index is 12.8. The molecule has 6 nitrogen and oxygen atoms in total. The van der Waals surface area contributed by atoms with Crippen LogP contribution >= 0.6 is 11.6 Å². The van der Waals surface area contributed by atoms with Crippen molar-refractivity contribution in [3.8, 4) is 5.75 Å². The summed E-state index contributed by atoms with van der Waals surface area (Å²) in [6.45, 7) is 0.278. The van der Waals surface area contributed by atoms with Crippen LogP contribution in [-0.4, -0.2) is 44.0 Å². The Hall–Kier alpha value is -1.31. The maximum atomic E-state index is 12.8. The summed E-state index contributed by atoms with van der Waals surface area (Å²) in [5.41, 5.74) is -0.941. The Bertz CT molecular complexity index is 750. The van der Waals surface area contributed by atoms with Gasteiger partial charge in [-0.2, -0.15) is 4.31 Å². The van der Waals surface area contributed by atoms with E-state index in [1.165, 1.54) is 29.6 Å². The second kappa shape index (κ2) is 5.65. The molecule has 0 spiro atoms. The van der Waals surface area contributed by atoms with Crippen molar-refractivity contribution in [2.24, 2.45) is 11.3 Å². The zero-order valence-electron chi connectivity index (χ0n) is 12.7. The van der Waals surface area contributed by atoms with Crippen LogP contribution in [0.1, 0.15) is 19.3 Å². The molecule has 2 fully saturated rings. The Morgan fingerprint density at radius 1 is 1.48 bits per heavy atom. The molecule has 1 aliphatic heterocycles. The minimum absolute atomic E-state index is 0.0281. The molecule has 23 heavy (non-hydrogen) atoms. The number of rotatable bonds is 4. The maximum Gasteiger partial charge on any atom is 0.311 e. The average Bonchev–Trinajstić information content (AvgIpc) is 3.05. The molecule has 1 saturated carbocycles. The van der Waals surface area contributed by atoms with E-state index in [2.05, 4.69) is 0 Å². The van der Waals surface area contributed by atoms with Gasteiger partial charge in [0.25, 0.3) is 0 Å². The van der Waals surface area contributed by atoms with Gasteiger partial charge in [-0.15, -0.1) is 0 Å². The zero-order chi connectivity index (χ0) is 16.8. The number of fused-ring (bicyclic) bond motifs is 1. The number of nitrogens with zero attached hydrogens (tertiary/aromatic N) is 1. The molecule has 0 radical (unpaired) electrons. The molecule has 0 amide bonds. The number of benzene rings is 1. The van der Waals surface area contributed by atoms with Gasteiger partial charge in [0.15, 0.2) is 0 Å². The van der Waals surface area contributed by atoms with E-state index in [1.807, 2.05) is 0 Å². The number of aliphatic carboxylic acids is 1. The molecule has 1 aromatic rings. The van der Waals surface area contributed by atoms with Crippen LogP contribution in [0.3, 0.4) is 0 Å². The first-order valence-corrected chi connectivity index (χ1v) is 9.20. The van der Waals surface area contributed by atoms with Crippen molar-refractivity contribution in [3.05, 3.63) is 23.2 Å².